The van der Waals surface area contributed by atoms with Gasteiger partial charge in [-0.25, -0.2) is 4.99 Å². The van der Waals surface area contributed by atoms with Gasteiger partial charge in [0, 0.05) is 29.1 Å². The zero-order valence-electron chi connectivity index (χ0n) is 26.2. The molecule has 1 N–H and O–H groups in total. The van der Waals surface area contributed by atoms with Crippen LogP contribution in [0.3, 0.4) is 0 Å². The summed E-state index contributed by atoms with van der Waals surface area (Å²) in [5, 5.41) is 8.84. The first-order chi connectivity index (χ1) is 23.8. The van der Waals surface area contributed by atoms with Gasteiger partial charge in [-0.05, 0) is 97.4 Å². The second-order valence-corrected chi connectivity index (χ2v) is 12.3. The van der Waals surface area contributed by atoms with E-state index in [1.165, 1.54) is 43.8 Å². The molecule has 0 bridgehead atoms. The predicted molar refractivity (Wildman–Crippen MR) is 200 cm³/mol. The molecule has 8 aromatic rings. The Morgan fingerprint density at radius 2 is 1.15 bits per heavy atom. The van der Waals surface area contributed by atoms with E-state index in [9.17, 15) is 0 Å². The van der Waals surface area contributed by atoms with E-state index in [0.29, 0.717) is 0 Å². The van der Waals surface area contributed by atoms with Crippen molar-refractivity contribution in [1.29, 1.82) is 0 Å². The maximum absolute atomic E-state index is 5.30. The molecule has 1 aliphatic rings. The van der Waals surface area contributed by atoms with Crippen LogP contribution in [0.1, 0.15) is 22.7 Å². The highest BCUT2D eigenvalue weighted by Crippen LogP contribution is 2.40. The predicted octanol–water partition coefficient (Wildman–Crippen LogP) is 11.2. The van der Waals surface area contributed by atoms with Gasteiger partial charge in [0.1, 0.15) is 5.84 Å². The third-order valence-corrected chi connectivity index (χ3v) is 9.37. The van der Waals surface area contributed by atoms with E-state index in [4.69, 9.17) is 4.99 Å². The summed E-state index contributed by atoms with van der Waals surface area (Å²) in [6, 6.07) is 58.4. The lowest BCUT2D eigenvalue weighted by Gasteiger charge is -2.29. The maximum atomic E-state index is 5.30. The van der Waals surface area contributed by atoms with Gasteiger partial charge in [0.15, 0.2) is 0 Å². The van der Waals surface area contributed by atoms with Crippen molar-refractivity contribution >= 4 is 33.1 Å². The molecule has 2 heterocycles. The molecule has 1 aliphatic heterocycles. The first kappa shape index (κ1) is 27.9. The Bertz CT molecular complexity index is 2470. The third-order valence-electron chi connectivity index (χ3n) is 9.37. The number of hydrogen-bond donors (Lipinski definition) is 1. The lowest BCUT2D eigenvalue weighted by atomic mass is 9.89. The van der Waals surface area contributed by atoms with Crippen LogP contribution in [0, 0.1) is 0 Å². The van der Waals surface area contributed by atoms with Crippen LogP contribution in [0.5, 0.6) is 0 Å². The lowest BCUT2D eigenvalue weighted by Crippen LogP contribution is -2.32. The minimum absolute atomic E-state index is 0.0654. The fourth-order valence-corrected chi connectivity index (χ4v) is 7.03. The molecule has 0 amide bonds. The minimum Gasteiger partial charge on any atom is -0.359 e. The van der Waals surface area contributed by atoms with Gasteiger partial charge in [0.25, 0.3) is 0 Å². The van der Waals surface area contributed by atoms with Gasteiger partial charge >= 0.3 is 0 Å². The molecule has 0 fully saturated rings. The van der Waals surface area contributed by atoms with Crippen molar-refractivity contribution in [1.82, 2.24) is 10.3 Å². The quantitative estimate of drug-likeness (QED) is 0.196. The summed E-state index contributed by atoms with van der Waals surface area (Å²) in [5.74, 6) is 0.848. The number of amidine groups is 1. The summed E-state index contributed by atoms with van der Waals surface area (Å²) in [6.07, 6.45) is 3.76. The molecule has 3 heteroatoms. The highest BCUT2D eigenvalue weighted by molar-refractivity contribution is 6.14. The largest absolute Gasteiger partial charge is 0.359 e. The van der Waals surface area contributed by atoms with E-state index in [0.717, 1.165) is 39.3 Å². The minimum atomic E-state index is -0.0654. The molecule has 48 heavy (non-hydrogen) atoms. The number of fused-ring (bicyclic) bond motifs is 4. The average Bonchev–Trinajstić information content (AvgIpc) is 3.18. The molecular formula is C45H31N3. The van der Waals surface area contributed by atoms with E-state index < -0.39 is 0 Å². The molecule has 0 saturated carbocycles. The molecule has 9 rings (SSSR count). The zero-order chi connectivity index (χ0) is 31.9. The van der Waals surface area contributed by atoms with E-state index >= 15 is 0 Å². The van der Waals surface area contributed by atoms with Crippen LogP contribution in [0.25, 0.3) is 54.9 Å². The average molecular weight is 614 g/mol. The standard InChI is InChI=1S/C45H31N3/c1-3-12-30(13-4-1)32-21-22-43-42(27-32)44(31-14-5-2-6-15-31)48-45(47-43)37-25-35(34-17-11-23-46-29-34)24-36(26-37)41-28-33-16-7-8-18-38(33)39-19-9-10-20-40(39)41/h1-29,44H,(H,47,48). The summed E-state index contributed by atoms with van der Waals surface area (Å²) >= 11 is 0. The van der Waals surface area contributed by atoms with Crippen LogP contribution < -0.4 is 5.32 Å². The highest BCUT2D eigenvalue weighted by Gasteiger charge is 2.26. The number of pyridine rings is 1. The molecule has 7 aromatic carbocycles. The zero-order valence-corrected chi connectivity index (χ0v) is 26.2. The number of benzene rings is 7. The smallest absolute Gasteiger partial charge is 0.134 e. The molecule has 1 atom stereocenters. The molecule has 0 saturated heterocycles. The van der Waals surface area contributed by atoms with Crippen LogP contribution in [0.4, 0.5) is 5.69 Å². The molecule has 3 nitrogen and oxygen atoms in total. The monoisotopic (exact) mass is 613 g/mol. The van der Waals surface area contributed by atoms with Crippen molar-refractivity contribution in [3.8, 4) is 33.4 Å². The fraction of sp³-hybridized carbons (Fsp3) is 0.0222. The van der Waals surface area contributed by atoms with Gasteiger partial charge < -0.3 is 5.32 Å². The van der Waals surface area contributed by atoms with Gasteiger partial charge in [-0.3, -0.25) is 4.98 Å². The van der Waals surface area contributed by atoms with Crippen LogP contribution in [0.15, 0.2) is 181 Å². The number of nitrogens with one attached hydrogen (secondary N) is 1. The second-order valence-electron chi connectivity index (χ2n) is 12.3. The van der Waals surface area contributed by atoms with Crippen molar-refractivity contribution in [2.75, 3.05) is 0 Å². The fourth-order valence-electron chi connectivity index (χ4n) is 7.03. The third kappa shape index (κ3) is 5.03. The normalized spacial score (nSPS) is 13.9. The summed E-state index contributed by atoms with van der Waals surface area (Å²) < 4.78 is 0. The van der Waals surface area contributed by atoms with Gasteiger partial charge in [-0.15, -0.1) is 0 Å². The maximum Gasteiger partial charge on any atom is 0.134 e. The second kappa shape index (κ2) is 11.8. The van der Waals surface area contributed by atoms with Crippen molar-refractivity contribution in [3.63, 3.8) is 0 Å². The summed E-state index contributed by atoms with van der Waals surface area (Å²) in [5.41, 5.74) is 11.2. The summed E-state index contributed by atoms with van der Waals surface area (Å²) in [7, 11) is 0. The number of hydrogen-bond acceptors (Lipinski definition) is 3. The Morgan fingerprint density at radius 3 is 1.96 bits per heavy atom. The lowest BCUT2D eigenvalue weighted by molar-refractivity contribution is 0.750. The van der Waals surface area contributed by atoms with E-state index in [1.807, 2.05) is 18.5 Å². The molecule has 0 spiro atoms. The van der Waals surface area contributed by atoms with E-state index in [-0.39, 0.29) is 6.04 Å². The Labute approximate surface area is 279 Å². The van der Waals surface area contributed by atoms with Crippen molar-refractivity contribution in [3.05, 3.63) is 193 Å². The van der Waals surface area contributed by atoms with Crippen molar-refractivity contribution in [2.45, 2.75) is 6.04 Å². The summed E-state index contributed by atoms with van der Waals surface area (Å²) in [6.45, 7) is 0. The van der Waals surface area contributed by atoms with Crippen LogP contribution in [-0.2, 0) is 0 Å². The molecule has 0 aliphatic carbocycles. The Kier molecular flexibility index (Phi) is 6.87. The van der Waals surface area contributed by atoms with Crippen LogP contribution in [-0.4, -0.2) is 10.8 Å². The Balaban J connectivity index is 1.26. The Morgan fingerprint density at radius 1 is 0.458 bits per heavy atom. The first-order valence-corrected chi connectivity index (χ1v) is 16.3. The van der Waals surface area contributed by atoms with Gasteiger partial charge in [-0.1, -0.05) is 121 Å². The molecule has 1 aromatic heterocycles. The number of aromatic nitrogens is 1. The molecular weight excluding hydrogens is 583 g/mol. The highest BCUT2D eigenvalue weighted by atomic mass is 15.1. The van der Waals surface area contributed by atoms with Crippen LogP contribution in [0.2, 0.25) is 0 Å². The molecule has 0 radical (unpaired) electrons. The topological polar surface area (TPSA) is 37.3 Å². The Hall–Kier alpha value is -6.32. The SMILES string of the molecule is c1ccc(-c2ccc3c(c2)C(c2ccccc2)NC(c2cc(-c4cccnc4)cc(-c4cc5ccccc5c5ccccc45)c2)=N3)cc1. The van der Waals surface area contributed by atoms with E-state index in [2.05, 4.69) is 168 Å². The van der Waals surface area contributed by atoms with Gasteiger partial charge in [-0.2, -0.15) is 0 Å². The summed E-state index contributed by atoms with van der Waals surface area (Å²) in [4.78, 5) is 9.76. The number of rotatable bonds is 5. The first-order valence-electron chi connectivity index (χ1n) is 16.3. The number of nitrogens with zero attached hydrogens (tertiary/aromatic N) is 2. The van der Waals surface area contributed by atoms with Gasteiger partial charge in [0.2, 0.25) is 0 Å². The van der Waals surface area contributed by atoms with Gasteiger partial charge in [0.05, 0.1) is 11.7 Å². The molecule has 226 valence electrons. The number of aliphatic imine (C=N–C) groups is 1. The van der Waals surface area contributed by atoms with Crippen molar-refractivity contribution < 1.29 is 0 Å². The van der Waals surface area contributed by atoms with Crippen molar-refractivity contribution in [2.24, 2.45) is 4.99 Å². The van der Waals surface area contributed by atoms with Crippen LogP contribution >= 0.6 is 0 Å². The molecule has 1 unspecified atom stereocenters. The van der Waals surface area contributed by atoms with E-state index in [1.54, 1.807) is 0 Å².